The van der Waals surface area contributed by atoms with E-state index >= 15 is 0 Å². The van der Waals surface area contributed by atoms with Crippen molar-refractivity contribution in [2.75, 3.05) is 16.4 Å². The highest BCUT2D eigenvalue weighted by Crippen LogP contribution is 2.36. The van der Waals surface area contributed by atoms with Crippen LogP contribution in [0, 0.1) is 29.6 Å². The van der Waals surface area contributed by atoms with Crippen LogP contribution in [0.3, 0.4) is 0 Å². The zero-order valence-electron chi connectivity index (χ0n) is 23.2. The zero-order valence-corrected chi connectivity index (χ0v) is 24.0. The Labute approximate surface area is 253 Å². The van der Waals surface area contributed by atoms with Crippen molar-refractivity contribution in [3.63, 3.8) is 0 Å². The Kier molecular flexibility index (Phi) is 8.51. The molecule has 2 N–H and O–H groups in total. The van der Waals surface area contributed by atoms with Crippen molar-refractivity contribution in [2.45, 2.75) is 31.0 Å². The fourth-order valence-corrected chi connectivity index (χ4v) is 5.87. The molecule has 0 bridgehead atoms. The summed E-state index contributed by atoms with van der Waals surface area (Å²) in [6, 6.07) is 28.3. The number of carbonyl (C=O) groups excluding carboxylic acids is 3. The molecular formula is C33H26N6O3S. The third-order valence-corrected chi connectivity index (χ3v) is 8.08. The highest BCUT2D eigenvalue weighted by Gasteiger charge is 2.44. The van der Waals surface area contributed by atoms with Crippen LogP contribution in [0.5, 0.6) is 0 Å². The first-order chi connectivity index (χ1) is 20.8. The van der Waals surface area contributed by atoms with E-state index in [1.54, 1.807) is 36.4 Å². The summed E-state index contributed by atoms with van der Waals surface area (Å²) in [7, 11) is 0. The number of rotatable bonds is 8. The van der Waals surface area contributed by atoms with Crippen LogP contribution in [-0.4, -0.2) is 39.4 Å². The number of carbonyl (C=O) groups is 3. The molecule has 2 heterocycles. The lowest BCUT2D eigenvalue weighted by Gasteiger charge is -2.28. The molecule has 3 amide bonds. The minimum atomic E-state index is -1.00. The Hall–Kier alpha value is -5.45. The minimum Gasteiger partial charge on any atom is -0.383 e. The van der Waals surface area contributed by atoms with Crippen molar-refractivity contribution in [3.8, 4) is 23.3 Å². The first-order valence-corrected chi connectivity index (χ1v) is 14.4. The second-order valence-corrected chi connectivity index (χ2v) is 10.9. The molecule has 0 aliphatic carbocycles. The number of aryl methyl sites for hydroxylation is 1. The highest BCUT2D eigenvalue weighted by molar-refractivity contribution is 8.00. The maximum Gasteiger partial charge on any atom is 0.257 e. The Morgan fingerprint density at radius 1 is 0.977 bits per heavy atom. The molecule has 1 fully saturated rings. The molecule has 10 heteroatoms. The van der Waals surface area contributed by atoms with E-state index < -0.39 is 23.8 Å². The molecule has 0 saturated carbocycles. The van der Waals surface area contributed by atoms with Crippen LogP contribution in [-0.2, 0) is 20.9 Å². The summed E-state index contributed by atoms with van der Waals surface area (Å²) in [5.74, 6) is -1.52. The number of pyridine rings is 1. The molecule has 9 nitrogen and oxygen atoms in total. The van der Waals surface area contributed by atoms with Gasteiger partial charge >= 0.3 is 0 Å². The summed E-state index contributed by atoms with van der Waals surface area (Å²) in [5, 5.41) is 20.1. The standard InChI is InChI=1S/C33H26N6O3S/c1-21-12-14-24(15-13-21)39-28(40)16-27(33(39)42)38(19-22-8-4-2-5-9-22)29(41)20-43-32-26(18-35)30(23-10-6-3-7-11-23)25(17-34)31(36)37-32/h2-15,27H,16,19-20H2,1H3,(H2,36,37). The molecule has 0 radical (unpaired) electrons. The average molecular weight is 587 g/mol. The van der Waals surface area contributed by atoms with Gasteiger partial charge < -0.3 is 10.6 Å². The summed E-state index contributed by atoms with van der Waals surface area (Å²) in [6.45, 7) is 2.02. The van der Waals surface area contributed by atoms with Gasteiger partial charge in [-0.2, -0.15) is 10.5 Å². The van der Waals surface area contributed by atoms with Crippen LogP contribution in [0.15, 0.2) is 90.0 Å². The fraction of sp³-hybridized carbons (Fsp3) is 0.152. The fourth-order valence-electron chi connectivity index (χ4n) is 4.99. The second kappa shape index (κ2) is 12.6. The molecule has 1 saturated heterocycles. The van der Waals surface area contributed by atoms with Crippen molar-refractivity contribution < 1.29 is 14.4 Å². The van der Waals surface area contributed by atoms with Crippen molar-refractivity contribution in [1.82, 2.24) is 9.88 Å². The van der Waals surface area contributed by atoms with Gasteiger partial charge in [-0.05, 0) is 30.2 Å². The molecular weight excluding hydrogens is 560 g/mol. The summed E-state index contributed by atoms with van der Waals surface area (Å²) in [4.78, 5) is 47.4. The summed E-state index contributed by atoms with van der Waals surface area (Å²) >= 11 is 0.996. The maximum absolute atomic E-state index is 13.8. The monoisotopic (exact) mass is 586 g/mol. The normalized spacial score (nSPS) is 14.3. The molecule has 1 atom stereocenters. The third kappa shape index (κ3) is 5.96. The lowest BCUT2D eigenvalue weighted by Crippen LogP contribution is -2.45. The van der Waals surface area contributed by atoms with E-state index in [0.29, 0.717) is 16.8 Å². The predicted octanol–water partition coefficient (Wildman–Crippen LogP) is 4.84. The maximum atomic E-state index is 13.8. The van der Waals surface area contributed by atoms with E-state index in [-0.39, 0.29) is 40.7 Å². The molecule has 1 unspecified atom stereocenters. The average Bonchev–Trinajstić information content (AvgIpc) is 3.32. The SMILES string of the molecule is Cc1ccc(N2C(=O)CC(N(Cc3ccccc3)C(=O)CSc3nc(N)c(C#N)c(-c4ccccc4)c3C#N)C2=O)cc1. The molecule has 4 aromatic rings. The van der Waals surface area contributed by atoms with E-state index in [2.05, 4.69) is 11.1 Å². The molecule has 43 heavy (non-hydrogen) atoms. The van der Waals surface area contributed by atoms with Crippen molar-refractivity contribution in [3.05, 3.63) is 107 Å². The third-order valence-electron chi connectivity index (χ3n) is 7.12. The van der Waals surface area contributed by atoms with E-state index in [0.717, 1.165) is 27.8 Å². The van der Waals surface area contributed by atoms with Crippen molar-refractivity contribution >= 4 is 41.0 Å². The van der Waals surface area contributed by atoms with Crippen LogP contribution in [0.2, 0.25) is 0 Å². The Balaban J connectivity index is 1.46. The second-order valence-electron chi connectivity index (χ2n) is 9.94. The van der Waals surface area contributed by atoms with Crippen LogP contribution in [0.25, 0.3) is 11.1 Å². The van der Waals surface area contributed by atoms with Gasteiger partial charge in [-0.1, -0.05) is 90.1 Å². The lowest BCUT2D eigenvalue weighted by molar-refractivity contribution is -0.136. The Morgan fingerprint density at radius 2 is 1.60 bits per heavy atom. The van der Waals surface area contributed by atoms with Crippen molar-refractivity contribution in [1.29, 1.82) is 10.5 Å². The molecule has 3 aromatic carbocycles. The van der Waals surface area contributed by atoms with Gasteiger partial charge in [0.25, 0.3) is 5.91 Å². The van der Waals surface area contributed by atoms with Gasteiger partial charge in [0.05, 0.1) is 23.4 Å². The number of anilines is 2. The first kappa shape index (κ1) is 29.1. The molecule has 5 rings (SSSR count). The van der Waals surface area contributed by atoms with Crippen LogP contribution >= 0.6 is 11.8 Å². The Morgan fingerprint density at radius 3 is 2.23 bits per heavy atom. The number of nitrogens with zero attached hydrogens (tertiary/aromatic N) is 5. The van der Waals surface area contributed by atoms with Gasteiger partial charge in [0.15, 0.2) is 0 Å². The van der Waals surface area contributed by atoms with Crippen LogP contribution < -0.4 is 10.6 Å². The van der Waals surface area contributed by atoms with E-state index in [4.69, 9.17) is 5.73 Å². The number of hydrogen-bond donors (Lipinski definition) is 1. The van der Waals surface area contributed by atoms with Gasteiger partial charge in [-0.3, -0.25) is 14.4 Å². The summed E-state index contributed by atoms with van der Waals surface area (Å²) in [5.41, 5.74) is 9.54. The molecule has 1 aliphatic rings. The van der Waals surface area contributed by atoms with Crippen LogP contribution in [0.1, 0.15) is 28.7 Å². The van der Waals surface area contributed by atoms with Gasteiger partial charge in [-0.25, -0.2) is 9.88 Å². The summed E-state index contributed by atoms with van der Waals surface area (Å²) < 4.78 is 0. The number of aromatic nitrogens is 1. The van der Waals surface area contributed by atoms with E-state index in [9.17, 15) is 24.9 Å². The molecule has 1 aromatic heterocycles. The lowest BCUT2D eigenvalue weighted by atomic mass is 9.97. The smallest absolute Gasteiger partial charge is 0.257 e. The molecule has 212 valence electrons. The number of nitriles is 2. The van der Waals surface area contributed by atoms with E-state index in [1.165, 1.54) is 4.90 Å². The van der Waals surface area contributed by atoms with E-state index in [1.807, 2.05) is 61.5 Å². The quantitative estimate of drug-likeness (QED) is 0.228. The number of benzene rings is 3. The number of nitrogen functional groups attached to an aromatic ring is 1. The van der Waals surface area contributed by atoms with Crippen LogP contribution in [0.4, 0.5) is 11.5 Å². The topological polar surface area (TPSA) is 144 Å². The number of imide groups is 1. The highest BCUT2D eigenvalue weighted by atomic mass is 32.2. The molecule has 0 spiro atoms. The number of nitrogens with two attached hydrogens (primary N) is 1. The zero-order chi connectivity index (χ0) is 30.5. The van der Waals surface area contributed by atoms with Gasteiger partial charge in [0.1, 0.15) is 34.6 Å². The predicted molar refractivity (Wildman–Crippen MR) is 163 cm³/mol. The number of amides is 3. The molecule has 1 aliphatic heterocycles. The first-order valence-electron chi connectivity index (χ1n) is 13.4. The van der Waals surface area contributed by atoms with Gasteiger partial charge in [-0.15, -0.1) is 0 Å². The largest absolute Gasteiger partial charge is 0.383 e. The summed E-state index contributed by atoms with van der Waals surface area (Å²) in [6.07, 6.45) is -0.153. The van der Waals surface area contributed by atoms with Gasteiger partial charge in [0, 0.05) is 12.1 Å². The number of thioether (sulfide) groups is 1. The Bertz CT molecular complexity index is 1780. The number of hydrogen-bond acceptors (Lipinski definition) is 8. The van der Waals surface area contributed by atoms with Gasteiger partial charge in [0.2, 0.25) is 11.8 Å². The van der Waals surface area contributed by atoms with Crippen molar-refractivity contribution in [2.24, 2.45) is 0 Å². The minimum absolute atomic E-state index is 0.0539.